The standard InChI is InChI=1S/C26H26F5N3O3/c1-25(27,28)14-19(22(32)36)18(11-12-26(29,30)31)24(37)34-23-20(35)13-16-9-5-6-10-17(16)21(33-23)15-7-3-2-4-8-15/h2-10,18-19,23H,11-14H2,1H3,(H2,32,36)(H,34,37)/t18-,19+,23-/m1/s1. The Morgan fingerprint density at radius 2 is 1.65 bits per heavy atom. The summed E-state index contributed by atoms with van der Waals surface area (Å²) in [6.07, 6.45) is -10.1. The van der Waals surface area contributed by atoms with E-state index in [0.717, 1.165) is 0 Å². The summed E-state index contributed by atoms with van der Waals surface area (Å²) in [4.78, 5) is 42.6. The highest BCUT2D eigenvalue weighted by molar-refractivity contribution is 6.16. The number of benzene rings is 2. The molecule has 3 rings (SSSR count). The minimum Gasteiger partial charge on any atom is -0.369 e. The first kappa shape index (κ1) is 27.9. The van der Waals surface area contributed by atoms with E-state index >= 15 is 0 Å². The van der Waals surface area contributed by atoms with Crippen LogP contribution in [0.3, 0.4) is 0 Å². The largest absolute Gasteiger partial charge is 0.389 e. The van der Waals surface area contributed by atoms with Gasteiger partial charge in [0.25, 0.3) is 0 Å². The molecule has 2 aromatic rings. The number of hydrogen-bond acceptors (Lipinski definition) is 4. The van der Waals surface area contributed by atoms with Crippen molar-refractivity contribution in [2.75, 3.05) is 0 Å². The zero-order valence-electron chi connectivity index (χ0n) is 19.9. The van der Waals surface area contributed by atoms with Crippen molar-refractivity contribution >= 4 is 23.3 Å². The normalized spacial score (nSPS) is 17.7. The average Bonchev–Trinajstić information content (AvgIpc) is 2.93. The first-order valence-electron chi connectivity index (χ1n) is 11.5. The van der Waals surface area contributed by atoms with Crippen molar-refractivity contribution < 1.29 is 36.3 Å². The van der Waals surface area contributed by atoms with Gasteiger partial charge in [-0.1, -0.05) is 54.6 Å². The van der Waals surface area contributed by atoms with Gasteiger partial charge in [0.15, 0.2) is 11.9 Å². The molecular formula is C26H26F5N3O3. The minimum absolute atomic E-state index is 0.138. The van der Waals surface area contributed by atoms with Gasteiger partial charge in [0, 0.05) is 30.4 Å². The molecule has 198 valence electrons. The van der Waals surface area contributed by atoms with Gasteiger partial charge in [0.2, 0.25) is 17.7 Å². The van der Waals surface area contributed by atoms with Crippen molar-refractivity contribution in [1.82, 2.24) is 5.32 Å². The van der Waals surface area contributed by atoms with Crippen LogP contribution in [0.2, 0.25) is 0 Å². The maximum absolute atomic E-state index is 13.8. The minimum atomic E-state index is -4.71. The average molecular weight is 524 g/mol. The Hall–Kier alpha value is -3.63. The van der Waals surface area contributed by atoms with Gasteiger partial charge in [-0.15, -0.1) is 0 Å². The van der Waals surface area contributed by atoms with Gasteiger partial charge in [0.1, 0.15) is 0 Å². The van der Waals surface area contributed by atoms with Gasteiger partial charge in [0.05, 0.1) is 17.5 Å². The molecule has 6 nitrogen and oxygen atoms in total. The first-order chi connectivity index (χ1) is 17.2. The van der Waals surface area contributed by atoms with E-state index in [1.54, 1.807) is 54.6 Å². The lowest BCUT2D eigenvalue weighted by molar-refractivity contribution is -0.148. The van der Waals surface area contributed by atoms with Crippen LogP contribution in [0.1, 0.15) is 42.9 Å². The van der Waals surface area contributed by atoms with E-state index in [-0.39, 0.29) is 6.42 Å². The molecule has 1 aliphatic heterocycles. The zero-order valence-corrected chi connectivity index (χ0v) is 19.9. The summed E-state index contributed by atoms with van der Waals surface area (Å²) in [6, 6.07) is 15.7. The van der Waals surface area contributed by atoms with E-state index in [2.05, 4.69) is 10.3 Å². The first-order valence-corrected chi connectivity index (χ1v) is 11.5. The summed E-state index contributed by atoms with van der Waals surface area (Å²) in [5.74, 6) is -10.3. The van der Waals surface area contributed by atoms with Crippen molar-refractivity contribution in [1.29, 1.82) is 0 Å². The molecule has 0 saturated carbocycles. The Bertz CT molecular complexity index is 1180. The molecular weight excluding hydrogens is 497 g/mol. The van der Waals surface area contributed by atoms with Crippen molar-refractivity contribution in [2.24, 2.45) is 22.6 Å². The van der Waals surface area contributed by atoms with Crippen LogP contribution < -0.4 is 11.1 Å². The summed E-state index contributed by atoms with van der Waals surface area (Å²) in [6.45, 7) is 0.476. The van der Waals surface area contributed by atoms with Gasteiger partial charge < -0.3 is 11.1 Å². The molecule has 0 fully saturated rings. The van der Waals surface area contributed by atoms with Crippen LogP contribution in [-0.2, 0) is 20.8 Å². The zero-order chi connectivity index (χ0) is 27.4. The van der Waals surface area contributed by atoms with E-state index in [9.17, 15) is 36.3 Å². The van der Waals surface area contributed by atoms with Gasteiger partial charge in [-0.05, 0) is 18.9 Å². The number of nitrogens with one attached hydrogen (secondary N) is 1. The molecule has 37 heavy (non-hydrogen) atoms. The van der Waals surface area contributed by atoms with E-state index in [1.807, 2.05) is 0 Å². The SMILES string of the molecule is CC(F)(F)C[C@H](C(N)=O)[C@@H](CCC(F)(F)F)C(=O)N[C@H]1N=C(c2ccccc2)c2ccccc2CC1=O. The van der Waals surface area contributed by atoms with Crippen molar-refractivity contribution in [3.05, 3.63) is 71.3 Å². The van der Waals surface area contributed by atoms with E-state index < -0.39 is 67.0 Å². The number of halogens is 5. The quantitative estimate of drug-likeness (QED) is 0.482. The molecule has 0 saturated heterocycles. The Labute approximate surface area is 210 Å². The second-order valence-electron chi connectivity index (χ2n) is 9.10. The molecule has 0 aliphatic carbocycles. The molecule has 3 atom stereocenters. The van der Waals surface area contributed by atoms with E-state index in [0.29, 0.717) is 29.3 Å². The monoisotopic (exact) mass is 523 g/mol. The number of carbonyl (C=O) groups excluding carboxylic acids is 3. The Morgan fingerprint density at radius 3 is 2.24 bits per heavy atom. The summed E-state index contributed by atoms with van der Waals surface area (Å²) < 4.78 is 66.4. The lowest BCUT2D eigenvalue weighted by Crippen LogP contribution is -2.48. The van der Waals surface area contributed by atoms with Crippen molar-refractivity contribution in [3.8, 4) is 0 Å². The number of carbonyl (C=O) groups is 3. The second kappa shape index (κ2) is 11.2. The van der Waals surface area contributed by atoms with Crippen LogP contribution >= 0.6 is 0 Å². The number of hydrogen-bond donors (Lipinski definition) is 2. The summed E-state index contributed by atoms with van der Waals surface area (Å²) in [5.41, 5.74) is 7.48. The van der Waals surface area contributed by atoms with E-state index in [4.69, 9.17) is 5.73 Å². The van der Waals surface area contributed by atoms with Crippen molar-refractivity contribution in [3.63, 3.8) is 0 Å². The molecule has 0 bridgehead atoms. The molecule has 2 aromatic carbocycles. The van der Waals surface area contributed by atoms with Crippen molar-refractivity contribution in [2.45, 2.75) is 50.9 Å². The predicted molar refractivity (Wildman–Crippen MR) is 126 cm³/mol. The fraction of sp³-hybridized carbons (Fsp3) is 0.385. The lowest BCUT2D eigenvalue weighted by Gasteiger charge is -2.27. The highest BCUT2D eigenvalue weighted by Gasteiger charge is 2.42. The molecule has 2 amide bonds. The Kier molecular flexibility index (Phi) is 8.45. The fourth-order valence-corrected chi connectivity index (χ4v) is 4.30. The van der Waals surface area contributed by atoms with Crippen LogP contribution in [0.5, 0.6) is 0 Å². The summed E-state index contributed by atoms with van der Waals surface area (Å²) in [5, 5.41) is 2.30. The third kappa shape index (κ3) is 7.68. The smallest absolute Gasteiger partial charge is 0.369 e. The molecule has 11 heteroatoms. The highest BCUT2D eigenvalue weighted by atomic mass is 19.4. The number of nitrogens with zero attached hydrogens (tertiary/aromatic N) is 1. The lowest BCUT2D eigenvalue weighted by atomic mass is 9.82. The molecule has 3 N–H and O–H groups in total. The van der Waals surface area contributed by atoms with E-state index in [1.165, 1.54) is 0 Å². The van der Waals surface area contributed by atoms with Crippen LogP contribution in [0.15, 0.2) is 59.6 Å². The van der Waals surface area contributed by atoms with Gasteiger partial charge in [-0.25, -0.2) is 8.78 Å². The van der Waals surface area contributed by atoms with Gasteiger partial charge in [-0.2, -0.15) is 13.2 Å². The number of aliphatic imine (C=N–C) groups is 1. The Balaban J connectivity index is 1.99. The molecule has 1 aliphatic rings. The van der Waals surface area contributed by atoms with Crippen LogP contribution in [0, 0.1) is 11.8 Å². The number of alkyl halides is 5. The van der Waals surface area contributed by atoms with Crippen LogP contribution in [0.25, 0.3) is 0 Å². The summed E-state index contributed by atoms with van der Waals surface area (Å²) >= 11 is 0. The topological polar surface area (TPSA) is 102 Å². The summed E-state index contributed by atoms with van der Waals surface area (Å²) in [7, 11) is 0. The highest BCUT2D eigenvalue weighted by Crippen LogP contribution is 2.33. The molecule has 0 aromatic heterocycles. The Morgan fingerprint density at radius 1 is 1.03 bits per heavy atom. The number of fused-ring (bicyclic) bond motifs is 1. The van der Waals surface area contributed by atoms with Crippen LogP contribution in [0.4, 0.5) is 22.0 Å². The van der Waals surface area contributed by atoms with Gasteiger partial charge >= 0.3 is 6.18 Å². The molecule has 0 unspecified atom stereocenters. The third-order valence-electron chi connectivity index (χ3n) is 6.03. The van der Waals surface area contributed by atoms with Crippen LogP contribution in [-0.4, -0.2) is 41.6 Å². The number of ketones is 1. The van der Waals surface area contributed by atoms with Gasteiger partial charge in [-0.3, -0.25) is 19.4 Å². The maximum Gasteiger partial charge on any atom is 0.389 e. The molecule has 0 spiro atoms. The number of primary amides is 1. The molecule has 1 heterocycles. The predicted octanol–water partition coefficient (Wildman–Crippen LogP) is 4.20. The number of amides is 2. The second-order valence-corrected chi connectivity index (χ2v) is 9.10. The fourth-order valence-electron chi connectivity index (χ4n) is 4.30. The maximum atomic E-state index is 13.8. The number of Topliss-reactive ketones (excluding diaryl/α,β-unsaturated/α-hetero) is 1. The molecule has 0 radical (unpaired) electrons. The third-order valence-corrected chi connectivity index (χ3v) is 6.03. The number of rotatable bonds is 9. The number of nitrogens with two attached hydrogens (primary N) is 1.